The van der Waals surface area contributed by atoms with Crippen molar-refractivity contribution in [1.82, 2.24) is 4.90 Å². The van der Waals surface area contributed by atoms with Crippen molar-refractivity contribution in [2.75, 3.05) is 5.32 Å². The minimum atomic E-state index is -0.778. The lowest BCUT2D eigenvalue weighted by atomic mass is 10.1. The van der Waals surface area contributed by atoms with Gasteiger partial charge in [0, 0.05) is 30.4 Å². The first-order valence-electron chi connectivity index (χ1n) is 10.4. The Morgan fingerprint density at radius 1 is 1.06 bits per heavy atom. The van der Waals surface area contributed by atoms with Crippen LogP contribution in [0, 0.1) is 11.6 Å². The third kappa shape index (κ3) is 5.65. The number of carbonyl (C=O) groups excluding carboxylic acids is 2. The van der Waals surface area contributed by atoms with Crippen molar-refractivity contribution in [2.24, 2.45) is 0 Å². The average Bonchev–Trinajstić information content (AvgIpc) is 2.89. The first-order valence-corrected chi connectivity index (χ1v) is 10.4. The first kappa shape index (κ1) is 22.3. The molecule has 33 heavy (non-hydrogen) atoms. The summed E-state index contributed by atoms with van der Waals surface area (Å²) in [7, 11) is 0. The Bertz CT molecular complexity index is 1150. The molecule has 8 heteroatoms. The number of nitrogens with zero attached hydrogens (tertiary/aromatic N) is 1. The molecule has 3 aromatic carbocycles. The summed E-state index contributed by atoms with van der Waals surface area (Å²) in [5.74, 6) is -1.24. The molecule has 0 saturated heterocycles. The van der Waals surface area contributed by atoms with Gasteiger partial charge >= 0.3 is 6.09 Å². The Morgan fingerprint density at radius 2 is 1.79 bits per heavy atom. The Kier molecular flexibility index (Phi) is 6.53. The van der Waals surface area contributed by atoms with E-state index in [2.05, 4.69) is 5.32 Å². The van der Waals surface area contributed by atoms with Crippen LogP contribution in [0.2, 0.25) is 0 Å². The molecule has 2 amide bonds. The molecular formula is C25H22F2N2O4. The molecule has 0 saturated carbocycles. The molecule has 0 fully saturated rings. The maximum absolute atomic E-state index is 13.6. The van der Waals surface area contributed by atoms with Crippen molar-refractivity contribution in [1.29, 1.82) is 0 Å². The van der Waals surface area contributed by atoms with E-state index in [1.165, 1.54) is 17.0 Å². The van der Waals surface area contributed by atoms with Crippen LogP contribution in [-0.4, -0.2) is 23.0 Å². The molecule has 1 heterocycles. The molecule has 1 aliphatic heterocycles. The van der Waals surface area contributed by atoms with Crippen LogP contribution in [0.5, 0.6) is 5.75 Å². The summed E-state index contributed by atoms with van der Waals surface area (Å²) in [6.07, 6.45) is -1.40. The van der Waals surface area contributed by atoms with Crippen LogP contribution in [0.1, 0.15) is 23.6 Å². The monoisotopic (exact) mass is 452 g/mol. The number of rotatable bonds is 5. The highest BCUT2D eigenvalue weighted by atomic mass is 19.1. The van der Waals surface area contributed by atoms with E-state index in [-0.39, 0.29) is 25.6 Å². The van der Waals surface area contributed by atoms with Crippen molar-refractivity contribution < 1.29 is 27.8 Å². The summed E-state index contributed by atoms with van der Waals surface area (Å²) in [5, 5.41) is 2.67. The zero-order valence-electron chi connectivity index (χ0n) is 17.9. The number of nitrogens with one attached hydrogen (secondary N) is 1. The van der Waals surface area contributed by atoms with Gasteiger partial charge < -0.3 is 14.4 Å². The number of hydrogen-bond acceptors (Lipinski definition) is 4. The van der Waals surface area contributed by atoms with Gasteiger partial charge in [-0.3, -0.25) is 10.1 Å². The molecular weight excluding hydrogens is 430 g/mol. The van der Waals surface area contributed by atoms with Gasteiger partial charge in [-0.25, -0.2) is 13.6 Å². The minimum Gasteiger partial charge on any atom is -0.481 e. The second-order valence-electron chi connectivity index (χ2n) is 7.74. The van der Waals surface area contributed by atoms with Gasteiger partial charge in [-0.2, -0.15) is 0 Å². The van der Waals surface area contributed by atoms with Gasteiger partial charge in [0.1, 0.15) is 24.0 Å². The standard InChI is InChI=1S/C25H22F2N2O4/c1-16-24(30)29(13-18-9-20(26)12-21(27)10-18)14-19-11-22(7-8-23(19)33-16)28-25(31)32-15-17-5-3-2-4-6-17/h2-12,16H,13-15H2,1H3,(H,28,31)/t16-/m0/s1. The van der Waals surface area contributed by atoms with E-state index in [0.29, 0.717) is 22.6 Å². The maximum Gasteiger partial charge on any atom is 0.411 e. The average molecular weight is 452 g/mol. The molecule has 0 radical (unpaired) electrons. The number of benzene rings is 3. The van der Waals surface area contributed by atoms with Crippen LogP contribution in [-0.2, 0) is 29.2 Å². The van der Waals surface area contributed by atoms with Gasteiger partial charge in [0.05, 0.1) is 0 Å². The van der Waals surface area contributed by atoms with Crippen molar-refractivity contribution >= 4 is 17.7 Å². The van der Waals surface area contributed by atoms with Gasteiger partial charge in [0.25, 0.3) is 5.91 Å². The lowest BCUT2D eigenvalue weighted by Crippen LogP contribution is -2.37. The molecule has 4 rings (SSSR count). The number of hydrogen-bond donors (Lipinski definition) is 1. The summed E-state index contributed by atoms with van der Waals surface area (Å²) in [6.45, 7) is 1.90. The highest BCUT2D eigenvalue weighted by Crippen LogP contribution is 2.29. The topological polar surface area (TPSA) is 67.9 Å². The van der Waals surface area contributed by atoms with Crippen molar-refractivity contribution in [2.45, 2.75) is 32.7 Å². The minimum absolute atomic E-state index is 0.0113. The van der Waals surface area contributed by atoms with Crippen LogP contribution in [0.25, 0.3) is 0 Å². The molecule has 3 aromatic rings. The third-order valence-electron chi connectivity index (χ3n) is 5.14. The molecule has 0 aromatic heterocycles. The Morgan fingerprint density at radius 3 is 2.52 bits per heavy atom. The Hall–Kier alpha value is -3.94. The van der Waals surface area contributed by atoms with E-state index in [0.717, 1.165) is 11.6 Å². The summed E-state index contributed by atoms with van der Waals surface area (Å²) >= 11 is 0. The van der Waals surface area contributed by atoms with Crippen LogP contribution < -0.4 is 10.1 Å². The summed E-state index contributed by atoms with van der Waals surface area (Å²) in [6, 6.07) is 17.4. The van der Waals surface area contributed by atoms with Crippen molar-refractivity contribution in [3.05, 3.63) is 95.1 Å². The van der Waals surface area contributed by atoms with E-state index in [4.69, 9.17) is 9.47 Å². The van der Waals surface area contributed by atoms with Gasteiger partial charge in [0.15, 0.2) is 6.10 Å². The molecule has 6 nitrogen and oxygen atoms in total. The van der Waals surface area contributed by atoms with E-state index < -0.39 is 23.8 Å². The summed E-state index contributed by atoms with van der Waals surface area (Å²) in [5.41, 5.74) is 2.30. The number of fused-ring (bicyclic) bond motifs is 1. The first-order chi connectivity index (χ1) is 15.9. The van der Waals surface area contributed by atoms with Gasteiger partial charge in [0.2, 0.25) is 0 Å². The summed E-state index contributed by atoms with van der Waals surface area (Å²) in [4.78, 5) is 26.4. The van der Waals surface area contributed by atoms with Crippen LogP contribution in [0.15, 0.2) is 66.7 Å². The number of carbonyl (C=O) groups is 2. The zero-order valence-corrected chi connectivity index (χ0v) is 17.9. The molecule has 1 N–H and O–H groups in total. The second-order valence-corrected chi connectivity index (χ2v) is 7.74. The normalized spacial score (nSPS) is 15.3. The number of amides is 2. The Labute approximate surface area is 189 Å². The lowest BCUT2D eigenvalue weighted by Gasteiger charge is -2.22. The number of anilines is 1. The second kappa shape index (κ2) is 9.68. The predicted octanol–water partition coefficient (Wildman–Crippen LogP) is 5.02. The third-order valence-corrected chi connectivity index (χ3v) is 5.14. The van der Waals surface area contributed by atoms with E-state index in [1.54, 1.807) is 25.1 Å². The maximum atomic E-state index is 13.6. The van der Waals surface area contributed by atoms with Gasteiger partial charge in [-0.15, -0.1) is 0 Å². The van der Waals surface area contributed by atoms with Crippen molar-refractivity contribution in [3.8, 4) is 5.75 Å². The number of halogens is 2. The van der Waals surface area contributed by atoms with Crippen LogP contribution in [0.4, 0.5) is 19.3 Å². The fraction of sp³-hybridized carbons (Fsp3) is 0.200. The van der Waals surface area contributed by atoms with Gasteiger partial charge in [-0.1, -0.05) is 30.3 Å². The van der Waals surface area contributed by atoms with E-state index in [9.17, 15) is 18.4 Å². The molecule has 170 valence electrons. The van der Waals surface area contributed by atoms with E-state index in [1.807, 2.05) is 30.3 Å². The molecule has 1 aliphatic rings. The highest BCUT2D eigenvalue weighted by Gasteiger charge is 2.28. The fourth-order valence-corrected chi connectivity index (χ4v) is 3.61. The van der Waals surface area contributed by atoms with Crippen LogP contribution in [0.3, 0.4) is 0 Å². The summed E-state index contributed by atoms with van der Waals surface area (Å²) < 4.78 is 38.2. The molecule has 1 atom stereocenters. The zero-order chi connectivity index (χ0) is 23.4. The largest absolute Gasteiger partial charge is 0.481 e. The molecule has 0 unspecified atom stereocenters. The highest BCUT2D eigenvalue weighted by molar-refractivity contribution is 5.85. The smallest absolute Gasteiger partial charge is 0.411 e. The fourth-order valence-electron chi connectivity index (χ4n) is 3.61. The van der Waals surface area contributed by atoms with Crippen LogP contribution >= 0.6 is 0 Å². The molecule has 0 aliphatic carbocycles. The SMILES string of the molecule is C[C@@H]1Oc2ccc(NC(=O)OCc3ccccc3)cc2CN(Cc2cc(F)cc(F)c2)C1=O. The molecule has 0 spiro atoms. The molecule has 0 bridgehead atoms. The quantitative estimate of drug-likeness (QED) is 0.590. The predicted molar refractivity (Wildman–Crippen MR) is 117 cm³/mol. The lowest BCUT2D eigenvalue weighted by molar-refractivity contribution is -0.138. The van der Waals surface area contributed by atoms with Gasteiger partial charge in [-0.05, 0) is 48.4 Å². The van der Waals surface area contributed by atoms with Crippen molar-refractivity contribution in [3.63, 3.8) is 0 Å². The number of ether oxygens (including phenoxy) is 2. The Balaban J connectivity index is 1.48. The van der Waals surface area contributed by atoms with E-state index >= 15 is 0 Å².